The molecule has 4 rings (SSSR count). The molecule has 1 atom stereocenters. The van der Waals surface area contributed by atoms with E-state index >= 15 is 0 Å². The molecule has 0 aliphatic heterocycles. The molecule has 0 aliphatic carbocycles. The molecular formula is C18H16ClN5O3S. The lowest BCUT2D eigenvalue weighted by molar-refractivity contribution is 0.210. The summed E-state index contributed by atoms with van der Waals surface area (Å²) in [5, 5.41) is 12.2. The molecule has 0 bridgehead atoms. The molecular weight excluding hydrogens is 402 g/mol. The lowest BCUT2D eigenvalue weighted by Crippen LogP contribution is -2.14. The molecule has 1 unspecified atom stereocenters. The molecule has 28 heavy (non-hydrogen) atoms. The molecule has 0 spiro atoms. The third-order valence-electron chi connectivity index (χ3n) is 4.20. The van der Waals surface area contributed by atoms with Crippen molar-refractivity contribution in [3.05, 3.63) is 53.6 Å². The van der Waals surface area contributed by atoms with Gasteiger partial charge in [-0.25, -0.2) is 4.98 Å². The number of rotatable bonds is 6. The number of para-hydroxylation sites is 1. The summed E-state index contributed by atoms with van der Waals surface area (Å²) in [6.45, 7) is 0.999. The zero-order valence-corrected chi connectivity index (χ0v) is 16.4. The number of nitrogens with one attached hydrogen (secondary N) is 1. The minimum Gasteiger partial charge on any atom is -0.604 e. The molecule has 0 amide bonds. The van der Waals surface area contributed by atoms with Gasteiger partial charge in [-0.15, -0.1) is 0 Å². The lowest BCUT2D eigenvalue weighted by Gasteiger charge is -2.12. The topological polar surface area (TPSA) is 104 Å². The van der Waals surface area contributed by atoms with Crippen LogP contribution in [0.4, 0.5) is 5.82 Å². The van der Waals surface area contributed by atoms with Gasteiger partial charge in [0.1, 0.15) is 16.0 Å². The van der Waals surface area contributed by atoms with Crippen LogP contribution >= 0.6 is 11.6 Å². The number of benzene rings is 2. The number of anilines is 1. The number of hydrogen-bond acceptors (Lipinski definition) is 7. The van der Waals surface area contributed by atoms with E-state index in [2.05, 4.69) is 20.6 Å². The molecule has 10 heteroatoms. The summed E-state index contributed by atoms with van der Waals surface area (Å²) in [6.07, 6.45) is 0. The first-order valence-electron chi connectivity index (χ1n) is 8.40. The van der Waals surface area contributed by atoms with Crippen LogP contribution in [-0.4, -0.2) is 44.6 Å². The fourth-order valence-electron chi connectivity index (χ4n) is 2.85. The van der Waals surface area contributed by atoms with Crippen LogP contribution in [0.5, 0.6) is 0 Å². The highest BCUT2D eigenvalue weighted by Crippen LogP contribution is 2.31. The Kier molecular flexibility index (Phi) is 4.98. The standard InChI is InChI=1S/C18H16ClN5O3S/c1-27-11-10-20-16-14-4-2-3-5-15(14)24-17(21-16)18(22-23-24)28(25,26)13-8-6-12(19)7-9-13/h2-9H,10-11H2,1H3,(H-,20,21,25,26). The van der Waals surface area contributed by atoms with Gasteiger partial charge in [-0.05, 0) is 36.4 Å². The Balaban J connectivity index is 1.91. The number of nitrogens with zero attached hydrogens (tertiary/aromatic N) is 4. The van der Waals surface area contributed by atoms with Gasteiger partial charge in [0.2, 0.25) is 5.65 Å². The Bertz CT molecular complexity index is 1200. The van der Waals surface area contributed by atoms with Crippen LogP contribution in [0.25, 0.3) is 16.6 Å². The van der Waals surface area contributed by atoms with Gasteiger partial charge in [-0.3, -0.25) is 0 Å². The summed E-state index contributed by atoms with van der Waals surface area (Å²) in [6, 6.07) is 13.3. The average molecular weight is 418 g/mol. The van der Waals surface area contributed by atoms with Gasteiger partial charge in [-0.1, -0.05) is 38.3 Å². The van der Waals surface area contributed by atoms with Gasteiger partial charge in [0.25, 0.3) is 0 Å². The van der Waals surface area contributed by atoms with Crippen molar-refractivity contribution in [3.8, 4) is 0 Å². The van der Waals surface area contributed by atoms with E-state index in [-0.39, 0.29) is 15.6 Å². The van der Waals surface area contributed by atoms with Crippen LogP contribution in [0.15, 0.2) is 58.5 Å². The monoisotopic (exact) mass is 417 g/mol. The van der Waals surface area contributed by atoms with E-state index in [1.165, 1.54) is 28.8 Å². The molecule has 1 N–H and O–H groups in total. The van der Waals surface area contributed by atoms with E-state index in [1.54, 1.807) is 7.11 Å². The fourth-order valence-corrected chi connectivity index (χ4v) is 4.21. The smallest absolute Gasteiger partial charge is 0.317 e. The van der Waals surface area contributed by atoms with Gasteiger partial charge >= 0.3 is 5.03 Å². The van der Waals surface area contributed by atoms with Crippen molar-refractivity contribution >= 4 is 44.2 Å². The first-order chi connectivity index (χ1) is 13.5. The van der Waals surface area contributed by atoms with Crippen molar-refractivity contribution in [3.63, 3.8) is 0 Å². The number of sulfone groups is 1. The van der Waals surface area contributed by atoms with Gasteiger partial charge in [0.05, 0.1) is 12.1 Å². The Hall–Kier alpha value is -2.59. The van der Waals surface area contributed by atoms with Crippen molar-refractivity contribution in [1.29, 1.82) is 0 Å². The first-order valence-corrected chi connectivity index (χ1v) is 10.3. The van der Waals surface area contributed by atoms with Crippen LogP contribution in [0.3, 0.4) is 0 Å². The van der Waals surface area contributed by atoms with E-state index in [0.717, 1.165) is 5.39 Å². The second-order valence-electron chi connectivity index (χ2n) is 5.98. The first kappa shape index (κ1) is 18.8. The van der Waals surface area contributed by atoms with Gasteiger partial charge in [0.15, 0.2) is 4.90 Å². The molecule has 0 saturated carbocycles. The van der Waals surface area contributed by atoms with Crippen molar-refractivity contribution in [2.24, 2.45) is 0 Å². The summed E-state index contributed by atoms with van der Waals surface area (Å²) >= 11 is 5.87. The van der Waals surface area contributed by atoms with Crippen LogP contribution in [0, 0.1) is 0 Å². The van der Waals surface area contributed by atoms with Gasteiger partial charge in [0, 0.05) is 24.1 Å². The molecule has 2 aromatic heterocycles. The van der Waals surface area contributed by atoms with Crippen LogP contribution in [0.2, 0.25) is 5.02 Å². The highest BCUT2D eigenvalue weighted by atomic mass is 35.5. The van der Waals surface area contributed by atoms with Crippen molar-refractivity contribution < 1.29 is 13.5 Å². The molecule has 0 radical (unpaired) electrons. The summed E-state index contributed by atoms with van der Waals surface area (Å²) in [5.74, 6) is 0.537. The summed E-state index contributed by atoms with van der Waals surface area (Å²) in [5.41, 5.74) is 0.839. The third kappa shape index (κ3) is 3.22. The van der Waals surface area contributed by atoms with E-state index in [4.69, 9.17) is 16.3 Å². The minimum absolute atomic E-state index is 0.0724. The quantitative estimate of drug-likeness (QED) is 0.379. The molecule has 2 heterocycles. The van der Waals surface area contributed by atoms with Crippen LogP contribution in [-0.2, 0) is 19.2 Å². The maximum atomic E-state index is 13.1. The number of aromatic nitrogens is 4. The fraction of sp³-hybridized carbons (Fsp3) is 0.167. The summed E-state index contributed by atoms with van der Waals surface area (Å²) in [4.78, 5) is 4.58. The predicted octanol–water partition coefficient (Wildman–Crippen LogP) is 3.04. The molecule has 4 aromatic rings. The van der Waals surface area contributed by atoms with Crippen LogP contribution in [0.1, 0.15) is 0 Å². The minimum atomic E-state index is -3.92. The maximum Gasteiger partial charge on any atom is 0.317 e. The highest BCUT2D eigenvalue weighted by molar-refractivity contribution is 7.97. The Morgan fingerprint density at radius 3 is 2.71 bits per heavy atom. The molecule has 144 valence electrons. The average Bonchev–Trinajstić information content (AvgIpc) is 3.13. The predicted molar refractivity (Wildman–Crippen MR) is 105 cm³/mol. The van der Waals surface area contributed by atoms with Gasteiger partial charge in [-0.2, -0.15) is 4.52 Å². The SMILES string of the molecule is COCCNc1nc2c([S+](=O)([O-])c3ccc(Cl)cc3)nnn2c2ccccc12. The molecule has 2 aromatic carbocycles. The van der Waals surface area contributed by atoms with Crippen LogP contribution < -0.4 is 5.32 Å². The third-order valence-corrected chi connectivity index (χ3v) is 6.12. The lowest BCUT2D eigenvalue weighted by atomic mass is 10.2. The number of halogens is 1. The van der Waals surface area contributed by atoms with E-state index in [0.29, 0.717) is 29.5 Å². The Morgan fingerprint density at radius 1 is 1.21 bits per heavy atom. The van der Waals surface area contributed by atoms with Crippen molar-refractivity contribution in [1.82, 2.24) is 19.8 Å². The van der Waals surface area contributed by atoms with Crippen molar-refractivity contribution in [2.45, 2.75) is 9.92 Å². The summed E-state index contributed by atoms with van der Waals surface area (Å²) < 4.78 is 32.7. The zero-order chi connectivity index (χ0) is 19.7. The molecule has 0 aliphatic rings. The van der Waals surface area contributed by atoms with E-state index in [9.17, 15) is 8.76 Å². The molecule has 0 saturated heterocycles. The number of methoxy groups -OCH3 is 1. The maximum absolute atomic E-state index is 13.1. The largest absolute Gasteiger partial charge is 0.604 e. The second kappa shape index (κ2) is 7.44. The van der Waals surface area contributed by atoms with E-state index in [1.807, 2.05) is 24.3 Å². The Labute approximate surface area is 166 Å². The zero-order valence-electron chi connectivity index (χ0n) is 14.8. The number of ether oxygens (including phenoxy) is 1. The molecule has 0 fully saturated rings. The second-order valence-corrected chi connectivity index (χ2v) is 8.29. The number of hydrogen-bond donors (Lipinski definition) is 1. The molecule has 8 nitrogen and oxygen atoms in total. The van der Waals surface area contributed by atoms with Crippen molar-refractivity contribution in [2.75, 3.05) is 25.6 Å². The van der Waals surface area contributed by atoms with E-state index < -0.39 is 10.2 Å². The Morgan fingerprint density at radius 2 is 1.96 bits per heavy atom. The normalized spacial score (nSPS) is 13.7. The highest BCUT2D eigenvalue weighted by Gasteiger charge is 2.32. The number of fused-ring (bicyclic) bond motifs is 3. The van der Waals surface area contributed by atoms with Gasteiger partial charge < -0.3 is 14.6 Å². The summed E-state index contributed by atoms with van der Waals surface area (Å²) in [7, 11) is -2.31.